The number of hydrogen-bond donors (Lipinski definition) is 0. The van der Waals surface area contributed by atoms with E-state index in [9.17, 15) is 9.59 Å². The predicted molar refractivity (Wildman–Crippen MR) is 159 cm³/mol. The molecule has 2 unspecified atom stereocenters. The summed E-state index contributed by atoms with van der Waals surface area (Å²) in [6.07, 6.45) is 7.21. The summed E-state index contributed by atoms with van der Waals surface area (Å²) in [6, 6.07) is 10.0. The first kappa shape index (κ1) is 26.9. The van der Waals surface area contributed by atoms with Crippen LogP contribution in [0.15, 0.2) is 73.6 Å². The lowest BCUT2D eigenvalue weighted by molar-refractivity contribution is 0.0319. The van der Waals surface area contributed by atoms with E-state index in [0.29, 0.717) is 40.4 Å². The maximum Gasteiger partial charge on any atom is 0.336 e. The Morgan fingerprint density at radius 3 is 2.32 bits per heavy atom. The number of allylic oxidation sites excluding steroid dienone is 1. The summed E-state index contributed by atoms with van der Waals surface area (Å²) in [5.74, 6) is 2.05. The molecule has 0 saturated carbocycles. The van der Waals surface area contributed by atoms with E-state index in [1.54, 1.807) is 19.2 Å². The normalized spacial score (nSPS) is 21.4. The van der Waals surface area contributed by atoms with E-state index >= 15 is 0 Å². The lowest BCUT2D eigenvalue weighted by Crippen LogP contribution is -2.43. The SMILES string of the molecule is C=CC(C)(C)c1c2c3c(c4ccc(=O)oc14)OC(C)(C=Cc1c(OC)ccc4ccc(=O)oc14)CC3CC(C)(C)O2. The largest absolute Gasteiger partial charge is 0.496 e. The summed E-state index contributed by atoms with van der Waals surface area (Å²) in [5, 5.41) is 1.51. The molecule has 4 aromatic rings. The molecule has 0 bridgehead atoms. The first-order valence-electron chi connectivity index (χ1n) is 13.8. The van der Waals surface area contributed by atoms with Crippen LogP contribution in [0.4, 0.5) is 0 Å². The lowest BCUT2D eigenvalue weighted by Gasteiger charge is -2.47. The highest BCUT2D eigenvalue weighted by Gasteiger charge is 2.47. The van der Waals surface area contributed by atoms with Crippen molar-refractivity contribution in [3.63, 3.8) is 0 Å². The van der Waals surface area contributed by atoms with Crippen LogP contribution in [0.5, 0.6) is 17.2 Å². The predicted octanol–water partition coefficient (Wildman–Crippen LogP) is 7.27. The standard InChI is InChI=1S/C34H34O7/c1-8-32(2,3)27-30-22(11-14-25(36)39-30)29-26-20(17-33(4,5)40-31(26)27)18-34(6,41-29)16-15-21-23(37-7)12-9-19-10-13-24(35)38-28(19)21/h8-16,20H,1,17-18H2,2-7H3. The van der Waals surface area contributed by atoms with Crippen molar-refractivity contribution >= 4 is 28.0 Å². The quantitative estimate of drug-likeness (QED) is 0.189. The molecule has 41 heavy (non-hydrogen) atoms. The van der Waals surface area contributed by atoms with Gasteiger partial charge in [0.15, 0.2) is 0 Å². The molecule has 2 aliphatic heterocycles. The van der Waals surface area contributed by atoms with Crippen molar-refractivity contribution < 1.29 is 23.0 Å². The molecular formula is C34H34O7. The van der Waals surface area contributed by atoms with Gasteiger partial charge in [0, 0.05) is 34.1 Å². The monoisotopic (exact) mass is 554 g/mol. The van der Waals surface area contributed by atoms with Crippen molar-refractivity contribution in [2.45, 2.75) is 70.0 Å². The lowest BCUT2D eigenvalue weighted by atomic mass is 9.72. The van der Waals surface area contributed by atoms with Crippen molar-refractivity contribution in [1.82, 2.24) is 0 Å². The van der Waals surface area contributed by atoms with Crippen molar-refractivity contribution in [2.24, 2.45) is 0 Å². The number of methoxy groups -OCH3 is 1. The molecule has 7 heteroatoms. The van der Waals surface area contributed by atoms with Gasteiger partial charge in [0.25, 0.3) is 0 Å². The highest BCUT2D eigenvalue weighted by Crippen LogP contribution is 2.58. The van der Waals surface area contributed by atoms with E-state index in [1.807, 2.05) is 51.1 Å². The summed E-state index contributed by atoms with van der Waals surface area (Å²) in [7, 11) is 1.59. The van der Waals surface area contributed by atoms with E-state index in [1.165, 1.54) is 12.1 Å². The van der Waals surface area contributed by atoms with E-state index in [2.05, 4.69) is 20.4 Å². The van der Waals surface area contributed by atoms with Crippen molar-refractivity contribution in [1.29, 1.82) is 0 Å². The molecule has 6 rings (SSSR count). The third-order valence-electron chi connectivity index (χ3n) is 8.30. The van der Waals surface area contributed by atoms with Crippen LogP contribution in [0.3, 0.4) is 0 Å². The zero-order valence-corrected chi connectivity index (χ0v) is 24.3. The Bertz CT molecular complexity index is 1870. The average Bonchev–Trinajstić information content (AvgIpc) is 2.90. The third kappa shape index (κ3) is 4.44. The number of fused-ring (bicyclic) bond motifs is 3. The molecule has 0 radical (unpaired) electrons. The minimum atomic E-state index is -0.747. The van der Waals surface area contributed by atoms with E-state index in [0.717, 1.165) is 28.3 Å². The van der Waals surface area contributed by atoms with Crippen LogP contribution in [-0.4, -0.2) is 18.3 Å². The van der Waals surface area contributed by atoms with E-state index in [4.69, 9.17) is 23.0 Å². The Kier molecular flexibility index (Phi) is 6.00. The van der Waals surface area contributed by atoms with Crippen LogP contribution in [0.1, 0.15) is 70.1 Å². The topological polar surface area (TPSA) is 88.1 Å². The molecule has 2 aliphatic rings. The van der Waals surface area contributed by atoms with Crippen molar-refractivity contribution in [2.75, 3.05) is 7.11 Å². The van der Waals surface area contributed by atoms with Crippen LogP contribution in [0, 0.1) is 0 Å². The Morgan fingerprint density at radius 2 is 1.61 bits per heavy atom. The maximum absolute atomic E-state index is 12.5. The highest BCUT2D eigenvalue weighted by molar-refractivity contribution is 5.93. The Balaban J connectivity index is 1.57. The molecule has 0 N–H and O–H groups in total. The molecule has 212 valence electrons. The summed E-state index contributed by atoms with van der Waals surface area (Å²) >= 11 is 0. The van der Waals surface area contributed by atoms with Gasteiger partial charge in [-0.2, -0.15) is 0 Å². The van der Waals surface area contributed by atoms with Crippen molar-refractivity contribution in [3.8, 4) is 17.2 Å². The zero-order valence-electron chi connectivity index (χ0n) is 24.3. The number of rotatable bonds is 5. The van der Waals surface area contributed by atoms with Crippen molar-refractivity contribution in [3.05, 3.63) is 92.7 Å². The van der Waals surface area contributed by atoms with Gasteiger partial charge < -0.3 is 23.0 Å². The smallest absolute Gasteiger partial charge is 0.336 e. The minimum absolute atomic E-state index is 0.107. The van der Waals surface area contributed by atoms with Crippen LogP contribution < -0.4 is 25.5 Å². The number of hydrogen-bond acceptors (Lipinski definition) is 7. The Morgan fingerprint density at radius 1 is 0.927 bits per heavy atom. The second kappa shape index (κ2) is 9.13. The van der Waals surface area contributed by atoms with Gasteiger partial charge in [-0.3, -0.25) is 0 Å². The second-order valence-corrected chi connectivity index (χ2v) is 12.4. The van der Waals surface area contributed by atoms with Gasteiger partial charge in [0.05, 0.1) is 18.1 Å². The highest BCUT2D eigenvalue weighted by atomic mass is 16.5. The Hall–Kier alpha value is -4.26. The number of ether oxygens (including phenoxy) is 3. The molecule has 2 atom stereocenters. The van der Waals surface area contributed by atoms with Gasteiger partial charge in [-0.25, -0.2) is 9.59 Å². The summed E-state index contributed by atoms with van der Waals surface area (Å²) in [4.78, 5) is 24.6. The van der Waals surface area contributed by atoms with Crippen LogP contribution >= 0.6 is 0 Å². The Labute approximate surface area is 238 Å². The fourth-order valence-electron chi connectivity index (χ4n) is 6.33. The van der Waals surface area contributed by atoms with E-state index < -0.39 is 27.9 Å². The molecule has 0 fully saturated rings. The van der Waals surface area contributed by atoms with Gasteiger partial charge >= 0.3 is 11.3 Å². The van der Waals surface area contributed by atoms with Gasteiger partial charge in [-0.05, 0) is 75.9 Å². The first-order valence-corrected chi connectivity index (χ1v) is 13.8. The third-order valence-corrected chi connectivity index (χ3v) is 8.30. The average molecular weight is 555 g/mol. The molecule has 0 saturated heterocycles. The van der Waals surface area contributed by atoms with Gasteiger partial charge in [-0.1, -0.05) is 19.9 Å². The van der Waals surface area contributed by atoms with Crippen LogP contribution in [0.2, 0.25) is 0 Å². The van der Waals surface area contributed by atoms with E-state index in [-0.39, 0.29) is 5.92 Å². The molecular weight excluding hydrogens is 520 g/mol. The molecule has 0 aliphatic carbocycles. The van der Waals surface area contributed by atoms with Gasteiger partial charge in [0.2, 0.25) is 0 Å². The second-order valence-electron chi connectivity index (χ2n) is 12.4. The molecule has 7 nitrogen and oxygen atoms in total. The molecule has 4 heterocycles. The summed E-state index contributed by atoms with van der Waals surface area (Å²) < 4.78 is 30.6. The summed E-state index contributed by atoms with van der Waals surface area (Å²) in [5.41, 5.74) is 0.725. The minimum Gasteiger partial charge on any atom is -0.496 e. The van der Waals surface area contributed by atoms with Gasteiger partial charge in [0.1, 0.15) is 39.6 Å². The molecule has 0 amide bonds. The fourth-order valence-corrected chi connectivity index (χ4v) is 6.33. The zero-order chi connectivity index (χ0) is 29.3. The molecule has 0 spiro atoms. The van der Waals surface area contributed by atoms with Gasteiger partial charge in [-0.15, -0.1) is 6.58 Å². The van der Waals surface area contributed by atoms with Crippen LogP contribution in [-0.2, 0) is 5.41 Å². The first-order chi connectivity index (χ1) is 19.3. The fraction of sp³-hybridized carbons (Fsp3) is 0.353. The van der Waals surface area contributed by atoms with Crippen LogP contribution in [0.25, 0.3) is 28.0 Å². The molecule has 2 aromatic carbocycles. The molecule has 2 aromatic heterocycles. The number of benzene rings is 2. The maximum atomic E-state index is 12.5. The summed E-state index contributed by atoms with van der Waals surface area (Å²) in [6.45, 7) is 14.3.